The van der Waals surface area contributed by atoms with E-state index in [0.29, 0.717) is 11.7 Å². The third-order valence-corrected chi connectivity index (χ3v) is 4.53. The van der Waals surface area contributed by atoms with Crippen molar-refractivity contribution in [2.24, 2.45) is 5.73 Å². The summed E-state index contributed by atoms with van der Waals surface area (Å²) in [6.45, 7) is 5.66. The molecule has 1 aromatic rings. The Kier molecular flexibility index (Phi) is 6.63. The number of urea groups is 1. The fourth-order valence-corrected chi connectivity index (χ4v) is 3.38. The van der Waals surface area contributed by atoms with Crippen molar-refractivity contribution in [2.75, 3.05) is 5.32 Å². The van der Waals surface area contributed by atoms with Crippen LogP contribution < -0.4 is 11.1 Å². The van der Waals surface area contributed by atoms with Gasteiger partial charge in [0, 0.05) is 5.69 Å². The Morgan fingerprint density at radius 1 is 1.35 bits per heavy atom. The number of benzene rings is 1. The van der Waals surface area contributed by atoms with E-state index in [1.165, 1.54) is 35.1 Å². The van der Waals surface area contributed by atoms with E-state index in [2.05, 4.69) is 18.3 Å². The predicted molar refractivity (Wildman–Crippen MR) is 94.1 cm³/mol. The molecule has 0 aromatic heterocycles. The molecule has 1 unspecified atom stereocenters. The van der Waals surface area contributed by atoms with Gasteiger partial charge in [-0.2, -0.15) is 0 Å². The summed E-state index contributed by atoms with van der Waals surface area (Å²) in [6, 6.07) is 1.92. The lowest BCUT2D eigenvalue weighted by atomic mass is 9.95. The SMILES string of the molecule is C/C=C(\C)O.CC1CCc2cc3c(c(NC(N)=O)c21)CCC3.O. The van der Waals surface area contributed by atoms with Crippen LogP contribution in [0, 0.1) is 0 Å². The molecule has 0 heterocycles. The average Bonchev–Trinajstić information content (AvgIpc) is 3.06. The Labute approximate surface area is 137 Å². The molecule has 2 amide bonds. The molecule has 0 radical (unpaired) electrons. The number of rotatable bonds is 1. The van der Waals surface area contributed by atoms with Crippen LogP contribution in [0.1, 0.15) is 61.8 Å². The van der Waals surface area contributed by atoms with E-state index in [9.17, 15) is 4.79 Å². The summed E-state index contributed by atoms with van der Waals surface area (Å²) in [7, 11) is 0. The van der Waals surface area contributed by atoms with Crippen molar-refractivity contribution in [1.29, 1.82) is 0 Å². The van der Waals surface area contributed by atoms with Crippen LogP contribution in [0.3, 0.4) is 0 Å². The van der Waals surface area contributed by atoms with Crippen LogP contribution in [-0.2, 0) is 19.3 Å². The van der Waals surface area contributed by atoms with Gasteiger partial charge in [0.25, 0.3) is 0 Å². The molecule has 2 aliphatic rings. The Morgan fingerprint density at radius 2 is 2.00 bits per heavy atom. The number of hydrogen-bond acceptors (Lipinski definition) is 2. The summed E-state index contributed by atoms with van der Waals surface area (Å²) in [6.07, 6.45) is 7.37. The molecule has 0 fully saturated rings. The number of amides is 2. The highest BCUT2D eigenvalue weighted by atomic mass is 16.3. The molecule has 6 N–H and O–H groups in total. The van der Waals surface area contributed by atoms with E-state index in [0.717, 1.165) is 24.9 Å². The number of nitrogens with two attached hydrogens (primary N) is 1. The number of carbonyl (C=O) groups is 1. The van der Waals surface area contributed by atoms with Crippen LogP contribution in [0.2, 0.25) is 0 Å². The number of carbonyl (C=O) groups excluding carboxylic acids is 1. The number of fused-ring (bicyclic) bond motifs is 2. The monoisotopic (exact) mass is 320 g/mol. The molecule has 128 valence electrons. The van der Waals surface area contributed by atoms with Crippen LogP contribution in [0.4, 0.5) is 10.5 Å². The number of allylic oxidation sites excluding steroid dienone is 2. The Hall–Kier alpha value is -2.01. The number of anilines is 1. The van der Waals surface area contributed by atoms with E-state index in [1.54, 1.807) is 19.9 Å². The van der Waals surface area contributed by atoms with Crippen molar-refractivity contribution in [3.8, 4) is 0 Å². The Balaban J connectivity index is 0.000000390. The summed E-state index contributed by atoms with van der Waals surface area (Å²) in [5.41, 5.74) is 11.8. The second-order valence-corrected chi connectivity index (χ2v) is 6.17. The second-order valence-electron chi connectivity index (χ2n) is 6.17. The quantitative estimate of drug-likeness (QED) is 0.690. The normalized spacial score (nSPS) is 18.2. The molecule has 0 spiro atoms. The van der Waals surface area contributed by atoms with E-state index < -0.39 is 6.03 Å². The third kappa shape index (κ3) is 4.26. The lowest BCUT2D eigenvalue weighted by Crippen LogP contribution is -2.21. The lowest BCUT2D eigenvalue weighted by molar-refractivity contribution is 0.259. The summed E-state index contributed by atoms with van der Waals surface area (Å²) in [5.74, 6) is 0.919. The molecule has 0 saturated carbocycles. The summed E-state index contributed by atoms with van der Waals surface area (Å²) >= 11 is 0. The number of nitrogens with one attached hydrogen (secondary N) is 1. The highest BCUT2D eigenvalue weighted by molar-refractivity contribution is 5.91. The summed E-state index contributed by atoms with van der Waals surface area (Å²) in [5, 5.41) is 11.1. The fourth-order valence-electron chi connectivity index (χ4n) is 3.38. The van der Waals surface area contributed by atoms with E-state index in [1.807, 2.05) is 0 Å². The van der Waals surface area contributed by atoms with Crippen molar-refractivity contribution in [2.45, 2.75) is 58.8 Å². The number of aliphatic hydroxyl groups excluding tert-OH is 1. The maximum Gasteiger partial charge on any atom is 0.316 e. The molecule has 23 heavy (non-hydrogen) atoms. The first-order valence-corrected chi connectivity index (χ1v) is 7.99. The maximum absolute atomic E-state index is 11.2. The van der Waals surface area contributed by atoms with Crippen LogP contribution >= 0.6 is 0 Å². The number of aryl methyl sites for hydroxylation is 2. The number of aliphatic hydroxyl groups is 1. The van der Waals surface area contributed by atoms with Crippen LogP contribution in [-0.4, -0.2) is 16.6 Å². The highest BCUT2D eigenvalue weighted by Gasteiger charge is 2.28. The van der Waals surface area contributed by atoms with Gasteiger partial charge in [-0.05, 0) is 74.1 Å². The van der Waals surface area contributed by atoms with Gasteiger partial charge in [0.1, 0.15) is 0 Å². The topological polar surface area (TPSA) is 107 Å². The third-order valence-electron chi connectivity index (χ3n) is 4.53. The molecule has 0 saturated heterocycles. The first-order chi connectivity index (χ1) is 10.4. The van der Waals surface area contributed by atoms with E-state index >= 15 is 0 Å². The fraction of sp³-hybridized carbons (Fsp3) is 0.500. The molecule has 1 aromatic carbocycles. The molecule has 5 nitrogen and oxygen atoms in total. The first kappa shape index (κ1) is 19.0. The van der Waals surface area contributed by atoms with Gasteiger partial charge >= 0.3 is 6.03 Å². The van der Waals surface area contributed by atoms with Gasteiger partial charge in [-0.15, -0.1) is 0 Å². The molecular formula is C18H28N2O3. The average molecular weight is 320 g/mol. The minimum atomic E-state index is -0.438. The molecule has 2 aliphatic carbocycles. The lowest BCUT2D eigenvalue weighted by Gasteiger charge is -2.17. The minimum absolute atomic E-state index is 0. The molecule has 0 aliphatic heterocycles. The van der Waals surface area contributed by atoms with Crippen molar-refractivity contribution in [3.05, 3.63) is 40.2 Å². The molecule has 3 rings (SSSR count). The molecular weight excluding hydrogens is 292 g/mol. The molecule has 1 atom stereocenters. The number of primary amides is 1. The van der Waals surface area contributed by atoms with Crippen molar-refractivity contribution >= 4 is 11.7 Å². The highest BCUT2D eigenvalue weighted by Crippen LogP contribution is 2.43. The molecule has 0 bridgehead atoms. The summed E-state index contributed by atoms with van der Waals surface area (Å²) in [4.78, 5) is 11.2. The Morgan fingerprint density at radius 3 is 2.57 bits per heavy atom. The zero-order valence-corrected chi connectivity index (χ0v) is 14.2. The smallest absolute Gasteiger partial charge is 0.316 e. The van der Waals surface area contributed by atoms with Crippen molar-refractivity contribution < 1.29 is 15.4 Å². The largest absolute Gasteiger partial charge is 0.513 e. The van der Waals surface area contributed by atoms with Gasteiger partial charge in [0.2, 0.25) is 0 Å². The van der Waals surface area contributed by atoms with Gasteiger partial charge in [-0.25, -0.2) is 4.79 Å². The first-order valence-electron chi connectivity index (χ1n) is 7.99. The van der Waals surface area contributed by atoms with Crippen LogP contribution in [0.15, 0.2) is 17.9 Å². The standard InChI is InChI=1S/C14H18N2O.C4H8O.H2O/c1-8-5-6-10-7-9-3-2-4-11(9)13(12(8)10)16-14(15)17;1-3-4(2)5;/h7-8H,2-6H2,1H3,(H3,15,16,17);3,5H,1-2H3;1H2/b;4-3+;. The van der Waals surface area contributed by atoms with Gasteiger partial charge in [0.05, 0.1) is 5.76 Å². The zero-order chi connectivity index (χ0) is 16.3. The Bertz CT molecular complexity index is 605. The van der Waals surface area contributed by atoms with Crippen LogP contribution in [0.25, 0.3) is 0 Å². The van der Waals surface area contributed by atoms with Gasteiger partial charge < -0.3 is 21.6 Å². The maximum atomic E-state index is 11.2. The van der Waals surface area contributed by atoms with Gasteiger partial charge in [0.15, 0.2) is 0 Å². The second kappa shape index (κ2) is 8.02. The zero-order valence-electron chi connectivity index (χ0n) is 14.2. The van der Waals surface area contributed by atoms with E-state index in [-0.39, 0.29) is 5.48 Å². The van der Waals surface area contributed by atoms with Gasteiger partial charge in [-0.3, -0.25) is 0 Å². The van der Waals surface area contributed by atoms with Crippen molar-refractivity contribution in [1.82, 2.24) is 0 Å². The van der Waals surface area contributed by atoms with Crippen molar-refractivity contribution in [3.63, 3.8) is 0 Å². The summed E-state index contributed by atoms with van der Waals surface area (Å²) < 4.78 is 0. The van der Waals surface area contributed by atoms with Crippen LogP contribution in [0.5, 0.6) is 0 Å². The predicted octanol–water partition coefficient (Wildman–Crippen LogP) is 3.36. The minimum Gasteiger partial charge on any atom is -0.513 e. The number of hydrogen-bond donors (Lipinski definition) is 3. The van der Waals surface area contributed by atoms with Gasteiger partial charge in [-0.1, -0.05) is 19.1 Å². The molecule has 5 heteroatoms. The van der Waals surface area contributed by atoms with E-state index in [4.69, 9.17) is 10.8 Å².